The second kappa shape index (κ2) is 6.57. The topological polar surface area (TPSA) is 92.8 Å². The summed E-state index contributed by atoms with van der Waals surface area (Å²) in [5.74, 6) is 0.755. The van der Waals surface area contributed by atoms with Crippen LogP contribution in [0, 0.1) is 5.92 Å². The number of oxime groups is 1. The van der Waals surface area contributed by atoms with Gasteiger partial charge in [-0.25, -0.2) is 4.98 Å². The summed E-state index contributed by atoms with van der Waals surface area (Å²) in [6.45, 7) is 4.95. The Hall–Kier alpha value is -1.98. The van der Waals surface area contributed by atoms with Crippen LogP contribution in [0.5, 0.6) is 5.88 Å². The Kier molecular flexibility index (Phi) is 5.06. The van der Waals surface area contributed by atoms with Crippen molar-refractivity contribution in [3.63, 3.8) is 0 Å². The van der Waals surface area contributed by atoms with Gasteiger partial charge in [0.2, 0.25) is 5.88 Å². The second-order valence-corrected chi connectivity index (χ2v) is 3.62. The quantitative estimate of drug-likeness (QED) is 0.300. The standard InChI is InChI=1S/C11H18N4O2/c1-3-17-10-5-4-9(7-14-10)13-6-8(2)11(12)15-16/h4-5,7-8,13,16H,3,6H2,1-2H3,(H2,12,15). The van der Waals surface area contributed by atoms with E-state index in [1.54, 1.807) is 12.3 Å². The highest BCUT2D eigenvalue weighted by atomic mass is 16.5. The van der Waals surface area contributed by atoms with Gasteiger partial charge < -0.3 is 21.0 Å². The smallest absolute Gasteiger partial charge is 0.213 e. The molecule has 0 saturated carbocycles. The first-order valence-electron chi connectivity index (χ1n) is 5.47. The van der Waals surface area contributed by atoms with Crippen LogP contribution in [0.3, 0.4) is 0 Å². The molecule has 0 spiro atoms. The molecular weight excluding hydrogens is 220 g/mol. The van der Waals surface area contributed by atoms with E-state index in [9.17, 15) is 0 Å². The summed E-state index contributed by atoms with van der Waals surface area (Å²) in [7, 11) is 0. The summed E-state index contributed by atoms with van der Waals surface area (Å²) in [6.07, 6.45) is 1.68. The summed E-state index contributed by atoms with van der Waals surface area (Å²) in [4.78, 5) is 4.12. The lowest BCUT2D eigenvalue weighted by Crippen LogP contribution is -2.27. The number of pyridine rings is 1. The van der Waals surface area contributed by atoms with Crippen LogP contribution in [0.25, 0.3) is 0 Å². The van der Waals surface area contributed by atoms with E-state index in [0.29, 0.717) is 19.0 Å². The first-order valence-corrected chi connectivity index (χ1v) is 5.47. The Labute approximate surface area is 100 Å². The molecule has 4 N–H and O–H groups in total. The van der Waals surface area contributed by atoms with Crippen molar-refractivity contribution in [3.8, 4) is 5.88 Å². The Morgan fingerprint density at radius 3 is 2.94 bits per heavy atom. The summed E-state index contributed by atoms with van der Waals surface area (Å²) in [5, 5.41) is 14.6. The lowest BCUT2D eigenvalue weighted by Gasteiger charge is -2.12. The van der Waals surface area contributed by atoms with E-state index in [4.69, 9.17) is 15.7 Å². The van der Waals surface area contributed by atoms with Crippen molar-refractivity contribution in [2.24, 2.45) is 16.8 Å². The first-order chi connectivity index (χ1) is 8.17. The van der Waals surface area contributed by atoms with Crippen LogP contribution in [0.4, 0.5) is 5.69 Å². The Balaban J connectivity index is 2.47. The van der Waals surface area contributed by atoms with E-state index in [1.807, 2.05) is 19.9 Å². The van der Waals surface area contributed by atoms with Crippen LogP contribution in [0.2, 0.25) is 0 Å². The number of ether oxygens (including phenoxy) is 1. The van der Waals surface area contributed by atoms with Crippen LogP contribution in [-0.2, 0) is 0 Å². The zero-order valence-electron chi connectivity index (χ0n) is 10.1. The van der Waals surface area contributed by atoms with Crippen LogP contribution in [0.15, 0.2) is 23.5 Å². The fourth-order valence-corrected chi connectivity index (χ4v) is 1.19. The third-order valence-corrected chi connectivity index (χ3v) is 2.26. The van der Waals surface area contributed by atoms with Gasteiger partial charge in [0.05, 0.1) is 18.5 Å². The molecule has 1 heterocycles. The molecule has 0 amide bonds. The fraction of sp³-hybridized carbons (Fsp3) is 0.455. The molecule has 94 valence electrons. The molecular formula is C11H18N4O2. The number of hydrogen-bond donors (Lipinski definition) is 3. The number of amidine groups is 1. The van der Waals surface area contributed by atoms with Crippen molar-refractivity contribution in [2.45, 2.75) is 13.8 Å². The number of nitrogens with one attached hydrogen (secondary N) is 1. The van der Waals surface area contributed by atoms with E-state index in [1.165, 1.54) is 0 Å². The van der Waals surface area contributed by atoms with Crippen LogP contribution >= 0.6 is 0 Å². The second-order valence-electron chi connectivity index (χ2n) is 3.62. The maximum absolute atomic E-state index is 8.50. The third kappa shape index (κ3) is 4.18. The van der Waals surface area contributed by atoms with Crippen molar-refractivity contribution in [3.05, 3.63) is 18.3 Å². The predicted octanol–water partition coefficient (Wildman–Crippen LogP) is 1.27. The van der Waals surface area contributed by atoms with Gasteiger partial charge in [-0.05, 0) is 13.0 Å². The highest BCUT2D eigenvalue weighted by Gasteiger charge is 2.07. The molecule has 0 aliphatic heterocycles. The molecule has 0 aliphatic rings. The minimum Gasteiger partial charge on any atom is -0.478 e. The van der Waals surface area contributed by atoms with E-state index < -0.39 is 0 Å². The van der Waals surface area contributed by atoms with Gasteiger partial charge in [0.1, 0.15) is 5.84 Å². The van der Waals surface area contributed by atoms with Crippen molar-refractivity contribution in [1.29, 1.82) is 0 Å². The molecule has 0 radical (unpaired) electrons. The van der Waals surface area contributed by atoms with Crippen molar-refractivity contribution < 1.29 is 9.94 Å². The lowest BCUT2D eigenvalue weighted by atomic mass is 10.1. The molecule has 1 aromatic rings. The van der Waals surface area contributed by atoms with Gasteiger partial charge in [-0.1, -0.05) is 12.1 Å². The highest BCUT2D eigenvalue weighted by Crippen LogP contribution is 2.11. The SMILES string of the molecule is CCOc1ccc(NCC(C)C(N)=NO)cn1. The minimum atomic E-state index is -0.0495. The van der Waals surface area contributed by atoms with E-state index >= 15 is 0 Å². The van der Waals surface area contributed by atoms with Gasteiger partial charge in [0, 0.05) is 18.5 Å². The molecule has 0 fully saturated rings. The Bertz CT molecular complexity index is 364. The number of aromatic nitrogens is 1. The zero-order chi connectivity index (χ0) is 12.7. The van der Waals surface area contributed by atoms with Gasteiger partial charge in [0.25, 0.3) is 0 Å². The van der Waals surface area contributed by atoms with Gasteiger partial charge in [-0.3, -0.25) is 0 Å². The molecule has 0 aromatic carbocycles. The number of nitrogens with two attached hydrogens (primary N) is 1. The molecule has 1 aromatic heterocycles. The maximum Gasteiger partial charge on any atom is 0.213 e. The predicted molar refractivity (Wildman–Crippen MR) is 66.5 cm³/mol. The first kappa shape index (κ1) is 13.1. The van der Waals surface area contributed by atoms with Crippen molar-refractivity contribution in [1.82, 2.24) is 4.98 Å². The molecule has 17 heavy (non-hydrogen) atoms. The van der Waals surface area contributed by atoms with Gasteiger partial charge in [-0.15, -0.1) is 0 Å². The average molecular weight is 238 g/mol. The highest BCUT2D eigenvalue weighted by molar-refractivity contribution is 5.82. The number of hydrogen-bond acceptors (Lipinski definition) is 5. The molecule has 1 rings (SSSR count). The molecule has 6 heteroatoms. The van der Waals surface area contributed by atoms with E-state index in [2.05, 4.69) is 15.5 Å². The normalized spacial score (nSPS) is 13.2. The number of rotatable bonds is 6. The van der Waals surface area contributed by atoms with E-state index in [0.717, 1.165) is 5.69 Å². The van der Waals surface area contributed by atoms with Crippen LogP contribution in [0.1, 0.15) is 13.8 Å². The fourth-order valence-electron chi connectivity index (χ4n) is 1.19. The number of nitrogens with zero attached hydrogens (tertiary/aromatic N) is 2. The monoisotopic (exact) mass is 238 g/mol. The maximum atomic E-state index is 8.50. The molecule has 6 nitrogen and oxygen atoms in total. The summed E-state index contributed by atoms with van der Waals surface area (Å²) >= 11 is 0. The minimum absolute atomic E-state index is 0.0495. The van der Waals surface area contributed by atoms with Gasteiger partial charge in [-0.2, -0.15) is 0 Å². The number of anilines is 1. The summed E-state index contributed by atoms with van der Waals surface area (Å²) in [6, 6.07) is 3.66. The van der Waals surface area contributed by atoms with Gasteiger partial charge in [0.15, 0.2) is 0 Å². The lowest BCUT2D eigenvalue weighted by molar-refractivity contribution is 0.315. The third-order valence-electron chi connectivity index (χ3n) is 2.26. The summed E-state index contributed by atoms with van der Waals surface area (Å²) in [5.41, 5.74) is 6.34. The van der Waals surface area contributed by atoms with Crippen LogP contribution < -0.4 is 15.8 Å². The summed E-state index contributed by atoms with van der Waals surface area (Å²) < 4.78 is 5.23. The molecule has 1 unspecified atom stereocenters. The van der Waals surface area contributed by atoms with Crippen molar-refractivity contribution in [2.75, 3.05) is 18.5 Å². The zero-order valence-corrected chi connectivity index (χ0v) is 10.1. The largest absolute Gasteiger partial charge is 0.478 e. The molecule has 0 bridgehead atoms. The van der Waals surface area contributed by atoms with E-state index in [-0.39, 0.29) is 11.8 Å². The Morgan fingerprint density at radius 1 is 1.65 bits per heavy atom. The van der Waals surface area contributed by atoms with Crippen LogP contribution in [-0.4, -0.2) is 29.2 Å². The average Bonchev–Trinajstić information content (AvgIpc) is 2.37. The van der Waals surface area contributed by atoms with Gasteiger partial charge >= 0.3 is 0 Å². The molecule has 0 aliphatic carbocycles. The van der Waals surface area contributed by atoms with Crippen molar-refractivity contribution >= 4 is 11.5 Å². The molecule has 0 saturated heterocycles. The molecule has 1 atom stereocenters. The Morgan fingerprint density at radius 2 is 2.41 bits per heavy atom.